The van der Waals surface area contributed by atoms with E-state index in [4.69, 9.17) is 4.74 Å². The van der Waals surface area contributed by atoms with Crippen LogP contribution >= 0.6 is 11.3 Å². The smallest absolute Gasteiger partial charge is 0.338 e. The van der Waals surface area contributed by atoms with Gasteiger partial charge in [-0.1, -0.05) is 28.6 Å². The summed E-state index contributed by atoms with van der Waals surface area (Å²) in [6.45, 7) is -0.490. The van der Waals surface area contributed by atoms with E-state index in [2.05, 4.69) is 10.2 Å². The van der Waals surface area contributed by atoms with Crippen LogP contribution in [0, 0.1) is 4.91 Å². The number of aromatic nitrogens is 1. The molecule has 1 aromatic carbocycles. The van der Waals surface area contributed by atoms with Gasteiger partial charge < -0.3 is 4.74 Å². The largest absolute Gasteiger partial charge is 0.396 e. The van der Waals surface area contributed by atoms with Gasteiger partial charge in [0.25, 0.3) is 5.19 Å². The average Bonchev–Trinajstić information content (AvgIpc) is 2.59. The zero-order valence-corrected chi connectivity index (χ0v) is 8.36. The number of rotatable bonds is 3. The van der Waals surface area contributed by atoms with E-state index in [9.17, 15) is 9.70 Å². The molecule has 1 aromatic heterocycles. The lowest BCUT2D eigenvalue weighted by atomic mass is 10.3. The van der Waals surface area contributed by atoms with E-state index in [0.29, 0.717) is 0 Å². The maximum absolute atomic E-state index is 10.9. The van der Waals surface area contributed by atoms with Crippen molar-refractivity contribution >= 4 is 27.5 Å². The number of hydrogen-bond acceptors (Lipinski definition) is 6. The number of para-hydroxylation sites is 1. The van der Waals surface area contributed by atoms with Crippen molar-refractivity contribution in [1.29, 1.82) is 0 Å². The second kappa shape index (κ2) is 4.14. The summed E-state index contributed by atoms with van der Waals surface area (Å²) in [6.07, 6.45) is 0. The minimum Gasteiger partial charge on any atom is -0.396 e. The van der Waals surface area contributed by atoms with Crippen LogP contribution in [-0.2, 0) is 4.79 Å². The minimum absolute atomic E-state index is 0.241. The predicted molar refractivity (Wildman–Crippen MR) is 55.9 cm³/mol. The molecule has 0 aliphatic rings. The number of esters is 1. The fraction of sp³-hybridized carbons (Fsp3) is 0.111. The fourth-order valence-electron chi connectivity index (χ4n) is 1.08. The van der Waals surface area contributed by atoms with Crippen molar-refractivity contribution in [3.05, 3.63) is 29.2 Å². The van der Waals surface area contributed by atoms with Gasteiger partial charge in [0, 0.05) is 0 Å². The lowest BCUT2D eigenvalue weighted by Crippen LogP contribution is -2.10. The van der Waals surface area contributed by atoms with E-state index < -0.39 is 12.5 Å². The highest BCUT2D eigenvalue weighted by Gasteiger charge is 2.09. The van der Waals surface area contributed by atoms with Crippen molar-refractivity contribution in [3.63, 3.8) is 0 Å². The highest BCUT2D eigenvalue weighted by Crippen LogP contribution is 2.27. The van der Waals surface area contributed by atoms with Crippen molar-refractivity contribution in [1.82, 2.24) is 4.98 Å². The van der Waals surface area contributed by atoms with Crippen LogP contribution in [0.4, 0.5) is 0 Å². The summed E-state index contributed by atoms with van der Waals surface area (Å²) in [5.74, 6) is -0.691. The van der Waals surface area contributed by atoms with Gasteiger partial charge >= 0.3 is 5.97 Å². The Labute approximate surface area is 88.7 Å². The number of carbonyl (C=O) groups is 1. The van der Waals surface area contributed by atoms with E-state index in [-0.39, 0.29) is 5.19 Å². The van der Waals surface area contributed by atoms with Crippen LogP contribution in [0.25, 0.3) is 10.2 Å². The van der Waals surface area contributed by atoms with Crippen LogP contribution < -0.4 is 4.74 Å². The zero-order valence-electron chi connectivity index (χ0n) is 7.54. The normalized spacial score (nSPS) is 10.1. The van der Waals surface area contributed by atoms with Crippen molar-refractivity contribution in [2.24, 2.45) is 5.18 Å². The quantitative estimate of drug-likeness (QED) is 0.588. The predicted octanol–water partition coefficient (Wildman–Crippen LogP) is 1.97. The molecule has 2 rings (SSSR count). The number of benzene rings is 1. The average molecular weight is 222 g/mol. The second-order valence-electron chi connectivity index (χ2n) is 2.71. The summed E-state index contributed by atoms with van der Waals surface area (Å²) < 4.78 is 5.74. The van der Waals surface area contributed by atoms with Crippen LogP contribution in [0.15, 0.2) is 29.4 Å². The molecule has 0 unspecified atom stereocenters. The van der Waals surface area contributed by atoms with Crippen molar-refractivity contribution in [2.45, 2.75) is 0 Å². The Morgan fingerprint density at radius 2 is 2.27 bits per heavy atom. The third-order valence-electron chi connectivity index (χ3n) is 1.67. The molecule has 15 heavy (non-hydrogen) atoms. The van der Waals surface area contributed by atoms with E-state index in [1.54, 1.807) is 0 Å². The van der Waals surface area contributed by atoms with Crippen LogP contribution in [0.2, 0.25) is 0 Å². The summed E-state index contributed by atoms with van der Waals surface area (Å²) in [5.41, 5.74) is 0.768. The van der Waals surface area contributed by atoms with Crippen molar-refractivity contribution in [3.8, 4) is 5.19 Å². The molecule has 76 valence electrons. The topological polar surface area (TPSA) is 68.6 Å². The molecule has 0 aliphatic heterocycles. The van der Waals surface area contributed by atoms with Gasteiger partial charge in [0.05, 0.1) is 10.2 Å². The Morgan fingerprint density at radius 1 is 1.47 bits per heavy atom. The Kier molecular flexibility index (Phi) is 2.68. The van der Waals surface area contributed by atoms with Gasteiger partial charge in [0.15, 0.2) is 6.54 Å². The van der Waals surface area contributed by atoms with Gasteiger partial charge in [-0.2, -0.15) is 4.91 Å². The molecule has 0 fully saturated rings. The summed E-state index contributed by atoms with van der Waals surface area (Å²) in [4.78, 5) is 24.8. The van der Waals surface area contributed by atoms with E-state index in [1.165, 1.54) is 11.3 Å². The Bertz CT molecular complexity index is 476. The Balaban J connectivity index is 2.22. The highest BCUT2D eigenvalue weighted by atomic mass is 32.1. The van der Waals surface area contributed by atoms with Crippen molar-refractivity contribution < 1.29 is 9.53 Å². The summed E-state index contributed by atoms with van der Waals surface area (Å²) in [7, 11) is 0. The molecular formula is C9H6N2O3S. The molecule has 6 heteroatoms. The van der Waals surface area contributed by atoms with Gasteiger partial charge in [-0.05, 0) is 12.1 Å². The molecule has 1 heterocycles. The maximum atomic E-state index is 10.9. The van der Waals surface area contributed by atoms with E-state index in [0.717, 1.165) is 10.2 Å². The summed E-state index contributed by atoms with van der Waals surface area (Å²) >= 11 is 1.25. The summed E-state index contributed by atoms with van der Waals surface area (Å²) in [6, 6.07) is 7.42. The molecule has 0 spiro atoms. The van der Waals surface area contributed by atoms with Crippen LogP contribution in [0.1, 0.15) is 0 Å². The lowest BCUT2D eigenvalue weighted by Gasteiger charge is -1.93. The molecule has 0 aliphatic carbocycles. The van der Waals surface area contributed by atoms with E-state index in [1.807, 2.05) is 24.3 Å². The molecule has 0 radical (unpaired) electrons. The highest BCUT2D eigenvalue weighted by molar-refractivity contribution is 7.20. The van der Waals surface area contributed by atoms with Gasteiger partial charge in [0.1, 0.15) is 0 Å². The minimum atomic E-state index is -0.691. The molecule has 0 bridgehead atoms. The molecule has 0 N–H and O–H groups in total. The Hall–Kier alpha value is -1.82. The SMILES string of the molecule is O=NCC(=O)Oc1nc2ccccc2s1. The first-order valence-electron chi connectivity index (χ1n) is 4.15. The van der Waals surface area contributed by atoms with Gasteiger partial charge in [-0.15, -0.1) is 0 Å². The molecular weight excluding hydrogens is 216 g/mol. The molecule has 0 atom stereocenters. The number of nitrogens with zero attached hydrogens (tertiary/aromatic N) is 2. The molecule has 0 saturated heterocycles. The van der Waals surface area contributed by atoms with Gasteiger partial charge in [0.2, 0.25) is 0 Å². The third-order valence-corrected chi connectivity index (χ3v) is 2.58. The van der Waals surface area contributed by atoms with Gasteiger partial charge in [-0.25, -0.2) is 9.78 Å². The number of hydrogen-bond donors (Lipinski definition) is 0. The van der Waals surface area contributed by atoms with Crippen LogP contribution in [0.3, 0.4) is 0 Å². The number of thiazole rings is 1. The maximum Gasteiger partial charge on any atom is 0.338 e. The first-order chi connectivity index (χ1) is 7.29. The third kappa shape index (κ3) is 2.16. The summed E-state index contributed by atoms with van der Waals surface area (Å²) in [5, 5.41) is 2.68. The van der Waals surface area contributed by atoms with Gasteiger partial charge in [-0.3, -0.25) is 0 Å². The standard InChI is InChI=1S/C9H6N2O3S/c12-8(5-10-13)14-9-11-6-3-1-2-4-7(6)15-9/h1-4H,5H2. The molecule has 2 aromatic rings. The van der Waals surface area contributed by atoms with E-state index >= 15 is 0 Å². The van der Waals surface area contributed by atoms with Crippen LogP contribution in [-0.4, -0.2) is 17.5 Å². The fourth-order valence-corrected chi connectivity index (χ4v) is 1.91. The molecule has 5 nitrogen and oxygen atoms in total. The number of carbonyl (C=O) groups excluding carboxylic acids is 1. The van der Waals surface area contributed by atoms with Crippen molar-refractivity contribution in [2.75, 3.05) is 6.54 Å². The number of nitroso groups, excluding NO2 is 1. The lowest BCUT2D eigenvalue weighted by molar-refractivity contribution is -0.132. The number of fused-ring (bicyclic) bond motifs is 1. The first kappa shape index (κ1) is 9.72. The van der Waals surface area contributed by atoms with Crippen LogP contribution in [0.5, 0.6) is 5.19 Å². The number of ether oxygens (including phenoxy) is 1. The monoisotopic (exact) mass is 222 g/mol. The second-order valence-corrected chi connectivity index (χ2v) is 3.70. The molecule has 0 amide bonds. The first-order valence-corrected chi connectivity index (χ1v) is 4.96. The zero-order chi connectivity index (χ0) is 10.7. The Morgan fingerprint density at radius 3 is 3.00 bits per heavy atom. The molecule has 0 saturated carbocycles.